The molecule has 2 aromatic heterocycles. The number of hydrogen-bond acceptors (Lipinski definition) is 6. The number of nitrogens with zero attached hydrogens (tertiary/aromatic N) is 6. The molecule has 1 amide bonds. The van der Waals surface area contributed by atoms with Crippen LogP contribution >= 0.6 is 0 Å². The maximum Gasteiger partial charge on any atom is 0.291 e. The summed E-state index contributed by atoms with van der Waals surface area (Å²) in [6, 6.07) is 5.97. The number of anilines is 1. The molecule has 4 rings (SSSR count). The molecule has 1 aliphatic rings. The van der Waals surface area contributed by atoms with Gasteiger partial charge < -0.3 is 14.8 Å². The molecule has 0 fully saturated rings. The molecule has 0 bridgehead atoms. The Morgan fingerprint density at radius 3 is 2.96 bits per heavy atom. The highest BCUT2D eigenvalue weighted by molar-refractivity contribution is 5.92. The molecule has 3 aromatic rings. The Labute approximate surface area is 138 Å². The zero-order chi connectivity index (χ0) is 16.7. The highest BCUT2D eigenvalue weighted by Crippen LogP contribution is 2.23. The summed E-state index contributed by atoms with van der Waals surface area (Å²) >= 11 is 0. The van der Waals surface area contributed by atoms with Gasteiger partial charge in [-0.3, -0.25) is 4.79 Å². The largest absolute Gasteiger partial charge is 0.362 e. The summed E-state index contributed by atoms with van der Waals surface area (Å²) in [5.41, 5.74) is 2.00. The Kier molecular flexibility index (Phi) is 3.37. The SMILES string of the molecule is Cc1cccc2ncnc(NCc3nnc4n3CCN(C)C4=O)c12. The molecule has 1 aromatic carbocycles. The number of fused-ring (bicyclic) bond motifs is 2. The number of amides is 1. The van der Waals surface area contributed by atoms with Crippen LogP contribution in [0.5, 0.6) is 0 Å². The summed E-state index contributed by atoms with van der Waals surface area (Å²) in [5.74, 6) is 1.79. The number of benzene rings is 1. The van der Waals surface area contributed by atoms with Crippen LogP contribution in [0.15, 0.2) is 24.5 Å². The van der Waals surface area contributed by atoms with Crippen molar-refractivity contribution in [1.29, 1.82) is 0 Å². The van der Waals surface area contributed by atoms with Gasteiger partial charge in [-0.1, -0.05) is 12.1 Å². The van der Waals surface area contributed by atoms with E-state index in [0.29, 0.717) is 25.5 Å². The highest BCUT2D eigenvalue weighted by Gasteiger charge is 2.26. The lowest BCUT2D eigenvalue weighted by Gasteiger charge is -2.23. The zero-order valence-corrected chi connectivity index (χ0v) is 13.5. The average Bonchev–Trinajstić information content (AvgIpc) is 3.00. The van der Waals surface area contributed by atoms with Gasteiger partial charge in [0.05, 0.1) is 12.1 Å². The van der Waals surface area contributed by atoms with E-state index in [4.69, 9.17) is 0 Å². The lowest BCUT2D eigenvalue weighted by atomic mass is 10.1. The van der Waals surface area contributed by atoms with Crippen LogP contribution in [-0.4, -0.2) is 49.1 Å². The van der Waals surface area contributed by atoms with Gasteiger partial charge in [-0.15, -0.1) is 10.2 Å². The molecule has 0 saturated carbocycles. The second-order valence-electron chi connectivity index (χ2n) is 5.86. The van der Waals surface area contributed by atoms with Gasteiger partial charge >= 0.3 is 0 Å². The van der Waals surface area contributed by atoms with Crippen LogP contribution in [0.1, 0.15) is 22.0 Å². The topological polar surface area (TPSA) is 88.8 Å². The summed E-state index contributed by atoms with van der Waals surface area (Å²) in [5, 5.41) is 12.5. The molecule has 0 aliphatic carbocycles. The molecule has 1 aliphatic heterocycles. The first-order valence-corrected chi connectivity index (χ1v) is 7.77. The highest BCUT2D eigenvalue weighted by atomic mass is 16.2. The van der Waals surface area contributed by atoms with Crippen LogP contribution in [0.2, 0.25) is 0 Å². The van der Waals surface area contributed by atoms with E-state index in [1.807, 2.05) is 29.7 Å². The zero-order valence-electron chi connectivity index (χ0n) is 13.5. The number of likely N-dealkylation sites (N-methyl/N-ethyl adjacent to an activating group) is 1. The smallest absolute Gasteiger partial charge is 0.291 e. The van der Waals surface area contributed by atoms with Crippen LogP contribution in [0, 0.1) is 6.92 Å². The third kappa shape index (κ3) is 2.27. The molecule has 1 N–H and O–H groups in total. The van der Waals surface area contributed by atoms with E-state index in [0.717, 1.165) is 28.1 Å². The summed E-state index contributed by atoms with van der Waals surface area (Å²) in [4.78, 5) is 22.4. The molecular formula is C16H17N7O. The maximum absolute atomic E-state index is 12.1. The van der Waals surface area contributed by atoms with E-state index in [1.165, 1.54) is 0 Å². The fourth-order valence-electron chi connectivity index (χ4n) is 2.96. The maximum atomic E-state index is 12.1. The Balaban J connectivity index is 1.63. The van der Waals surface area contributed by atoms with Gasteiger partial charge in [-0.2, -0.15) is 0 Å². The Morgan fingerprint density at radius 1 is 1.21 bits per heavy atom. The van der Waals surface area contributed by atoms with Gasteiger partial charge in [0.2, 0.25) is 5.82 Å². The molecule has 8 nitrogen and oxygen atoms in total. The number of aryl methyl sites for hydroxylation is 1. The van der Waals surface area contributed by atoms with Crippen molar-refractivity contribution in [3.05, 3.63) is 41.7 Å². The predicted octanol–water partition coefficient (Wildman–Crippen LogP) is 1.23. The summed E-state index contributed by atoms with van der Waals surface area (Å²) in [6.45, 7) is 3.84. The standard InChI is InChI=1S/C16H17N7O/c1-10-4-3-5-11-13(10)14(19-9-18-11)17-8-12-20-21-15-16(24)22(2)6-7-23(12)15/h3-5,9H,6-8H2,1-2H3,(H,17,18,19). The van der Waals surface area contributed by atoms with Crippen LogP contribution < -0.4 is 5.32 Å². The van der Waals surface area contributed by atoms with E-state index in [2.05, 4.69) is 25.5 Å². The van der Waals surface area contributed by atoms with Gasteiger partial charge in [-0.25, -0.2) is 9.97 Å². The molecular weight excluding hydrogens is 306 g/mol. The Bertz CT molecular complexity index is 928. The van der Waals surface area contributed by atoms with Crippen molar-refractivity contribution in [2.45, 2.75) is 20.0 Å². The Hall–Kier alpha value is -3.03. The Morgan fingerprint density at radius 2 is 2.08 bits per heavy atom. The van der Waals surface area contributed by atoms with Crippen LogP contribution in [-0.2, 0) is 13.1 Å². The molecule has 122 valence electrons. The first kappa shape index (κ1) is 14.6. The van der Waals surface area contributed by atoms with E-state index in [9.17, 15) is 4.79 Å². The van der Waals surface area contributed by atoms with Gasteiger partial charge in [-0.05, 0) is 18.6 Å². The molecule has 8 heteroatoms. The minimum absolute atomic E-state index is 0.0941. The van der Waals surface area contributed by atoms with Crippen molar-refractivity contribution < 1.29 is 4.79 Å². The second-order valence-corrected chi connectivity index (χ2v) is 5.86. The van der Waals surface area contributed by atoms with E-state index < -0.39 is 0 Å². The molecule has 0 saturated heterocycles. The number of hydrogen-bond donors (Lipinski definition) is 1. The third-order valence-corrected chi connectivity index (χ3v) is 4.31. The normalized spacial score (nSPS) is 14.1. The molecule has 3 heterocycles. The van der Waals surface area contributed by atoms with Crippen molar-refractivity contribution in [2.75, 3.05) is 18.9 Å². The average molecular weight is 323 g/mol. The molecule has 0 unspecified atom stereocenters. The van der Waals surface area contributed by atoms with Crippen LogP contribution in [0.25, 0.3) is 10.9 Å². The minimum atomic E-state index is -0.0941. The van der Waals surface area contributed by atoms with E-state index >= 15 is 0 Å². The lowest BCUT2D eigenvalue weighted by Crippen LogP contribution is -2.38. The number of carbonyl (C=O) groups excluding carboxylic acids is 1. The van der Waals surface area contributed by atoms with Gasteiger partial charge in [0, 0.05) is 25.5 Å². The van der Waals surface area contributed by atoms with Crippen molar-refractivity contribution in [1.82, 2.24) is 29.6 Å². The second kappa shape index (κ2) is 5.55. The van der Waals surface area contributed by atoms with E-state index in [1.54, 1.807) is 18.3 Å². The molecule has 0 atom stereocenters. The van der Waals surface area contributed by atoms with Gasteiger partial charge in [0.25, 0.3) is 5.91 Å². The van der Waals surface area contributed by atoms with Crippen molar-refractivity contribution in [3.8, 4) is 0 Å². The fraction of sp³-hybridized carbons (Fsp3) is 0.312. The van der Waals surface area contributed by atoms with Crippen molar-refractivity contribution in [3.63, 3.8) is 0 Å². The van der Waals surface area contributed by atoms with Crippen molar-refractivity contribution in [2.24, 2.45) is 0 Å². The number of carbonyl (C=O) groups is 1. The number of rotatable bonds is 3. The summed E-state index contributed by atoms with van der Waals surface area (Å²) in [6.07, 6.45) is 1.54. The van der Waals surface area contributed by atoms with E-state index in [-0.39, 0.29) is 5.91 Å². The summed E-state index contributed by atoms with van der Waals surface area (Å²) in [7, 11) is 1.77. The minimum Gasteiger partial charge on any atom is -0.362 e. The first-order chi connectivity index (χ1) is 11.6. The summed E-state index contributed by atoms with van der Waals surface area (Å²) < 4.78 is 1.87. The number of nitrogens with one attached hydrogen (secondary N) is 1. The molecule has 24 heavy (non-hydrogen) atoms. The molecule has 0 spiro atoms. The van der Waals surface area contributed by atoms with Crippen molar-refractivity contribution >= 4 is 22.6 Å². The third-order valence-electron chi connectivity index (χ3n) is 4.31. The molecule has 0 radical (unpaired) electrons. The fourth-order valence-corrected chi connectivity index (χ4v) is 2.96. The quantitative estimate of drug-likeness (QED) is 0.780. The monoisotopic (exact) mass is 323 g/mol. The van der Waals surface area contributed by atoms with Gasteiger partial charge in [0.15, 0.2) is 5.82 Å². The van der Waals surface area contributed by atoms with Crippen LogP contribution in [0.4, 0.5) is 5.82 Å². The van der Waals surface area contributed by atoms with Crippen LogP contribution in [0.3, 0.4) is 0 Å². The van der Waals surface area contributed by atoms with Gasteiger partial charge in [0.1, 0.15) is 12.1 Å². The predicted molar refractivity (Wildman–Crippen MR) is 88.6 cm³/mol. The first-order valence-electron chi connectivity index (χ1n) is 7.77. The number of aromatic nitrogens is 5. The lowest BCUT2D eigenvalue weighted by molar-refractivity contribution is 0.0740.